The number of para-hydroxylation sites is 2. The predicted molar refractivity (Wildman–Crippen MR) is 84.7 cm³/mol. The highest BCUT2D eigenvalue weighted by Crippen LogP contribution is 2.30. The van der Waals surface area contributed by atoms with Crippen molar-refractivity contribution in [2.24, 2.45) is 5.92 Å². The van der Waals surface area contributed by atoms with Crippen molar-refractivity contribution in [3.63, 3.8) is 0 Å². The number of ether oxygens (including phenoxy) is 1. The molecular weight excluding hydrogens is 246 g/mol. The zero-order chi connectivity index (χ0) is 14.4. The molecule has 1 unspecified atom stereocenters. The van der Waals surface area contributed by atoms with Crippen molar-refractivity contribution in [1.29, 1.82) is 0 Å². The SMILES string of the molecule is CC(C)CCC(Oc1ccccc1N)c1ccccc1. The lowest BCUT2D eigenvalue weighted by atomic mass is 9.99. The van der Waals surface area contributed by atoms with Crippen LogP contribution in [0.1, 0.15) is 38.4 Å². The highest BCUT2D eigenvalue weighted by molar-refractivity contribution is 5.52. The molecule has 0 aliphatic heterocycles. The molecule has 2 rings (SSSR count). The van der Waals surface area contributed by atoms with Crippen LogP contribution < -0.4 is 10.5 Å². The molecule has 2 nitrogen and oxygen atoms in total. The third kappa shape index (κ3) is 4.02. The van der Waals surface area contributed by atoms with Gasteiger partial charge in [0, 0.05) is 0 Å². The third-order valence-electron chi connectivity index (χ3n) is 3.37. The lowest BCUT2D eigenvalue weighted by Gasteiger charge is -2.21. The quantitative estimate of drug-likeness (QED) is 0.763. The predicted octanol–water partition coefficient (Wildman–Crippen LogP) is 4.83. The number of anilines is 1. The molecule has 0 heterocycles. The van der Waals surface area contributed by atoms with Gasteiger partial charge < -0.3 is 10.5 Å². The lowest BCUT2D eigenvalue weighted by Crippen LogP contribution is -2.10. The van der Waals surface area contributed by atoms with Crippen LogP contribution >= 0.6 is 0 Å². The molecule has 2 aromatic carbocycles. The Hall–Kier alpha value is -1.96. The van der Waals surface area contributed by atoms with Crippen molar-refractivity contribution >= 4 is 5.69 Å². The van der Waals surface area contributed by atoms with Crippen LogP contribution in [0.2, 0.25) is 0 Å². The molecule has 0 fully saturated rings. The maximum Gasteiger partial charge on any atom is 0.143 e. The van der Waals surface area contributed by atoms with Crippen LogP contribution in [0.4, 0.5) is 5.69 Å². The largest absolute Gasteiger partial charge is 0.484 e. The van der Waals surface area contributed by atoms with E-state index in [0.29, 0.717) is 11.6 Å². The maximum atomic E-state index is 6.16. The van der Waals surface area contributed by atoms with Gasteiger partial charge in [-0.05, 0) is 36.5 Å². The van der Waals surface area contributed by atoms with Crippen molar-refractivity contribution in [3.05, 3.63) is 60.2 Å². The van der Waals surface area contributed by atoms with E-state index in [0.717, 1.165) is 18.6 Å². The first-order chi connectivity index (χ1) is 9.66. The molecule has 20 heavy (non-hydrogen) atoms. The smallest absolute Gasteiger partial charge is 0.143 e. The molecule has 0 bridgehead atoms. The Balaban J connectivity index is 2.16. The summed E-state index contributed by atoms with van der Waals surface area (Å²) in [6.07, 6.45) is 2.19. The lowest BCUT2D eigenvalue weighted by molar-refractivity contribution is 0.187. The first kappa shape index (κ1) is 14.4. The van der Waals surface area contributed by atoms with Gasteiger partial charge >= 0.3 is 0 Å². The van der Waals surface area contributed by atoms with E-state index in [2.05, 4.69) is 38.1 Å². The van der Waals surface area contributed by atoms with Gasteiger partial charge in [0.1, 0.15) is 11.9 Å². The second-order valence-electron chi connectivity index (χ2n) is 5.53. The number of rotatable bonds is 6. The molecule has 0 aliphatic carbocycles. The van der Waals surface area contributed by atoms with E-state index in [-0.39, 0.29) is 6.10 Å². The normalized spacial score (nSPS) is 12.3. The van der Waals surface area contributed by atoms with E-state index in [1.165, 1.54) is 5.56 Å². The Morgan fingerprint density at radius 2 is 1.55 bits per heavy atom. The highest BCUT2D eigenvalue weighted by Gasteiger charge is 2.15. The van der Waals surface area contributed by atoms with Crippen molar-refractivity contribution in [2.45, 2.75) is 32.8 Å². The Labute approximate surface area is 121 Å². The summed E-state index contributed by atoms with van der Waals surface area (Å²) in [4.78, 5) is 0. The highest BCUT2D eigenvalue weighted by atomic mass is 16.5. The van der Waals surface area contributed by atoms with Gasteiger partial charge in [0.15, 0.2) is 0 Å². The topological polar surface area (TPSA) is 35.2 Å². The van der Waals surface area contributed by atoms with Crippen LogP contribution in [0.25, 0.3) is 0 Å². The van der Waals surface area contributed by atoms with Gasteiger partial charge in [0.25, 0.3) is 0 Å². The van der Waals surface area contributed by atoms with Crippen LogP contribution in [-0.2, 0) is 0 Å². The summed E-state index contributed by atoms with van der Waals surface area (Å²) < 4.78 is 6.16. The minimum absolute atomic E-state index is 0.0586. The summed E-state index contributed by atoms with van der Waals surface area (Å²) in [5, 5.41) is 0. The summed E-state index contributed by atoms with van der Waals surface area (Å²) in [5.74, 6) is 1.43. The van der Waals surface area contributed by atoms with Crippen LogP contribution in [0.15, 0.2) is 54.6 Å². The van der Waals surface area contributed by atoms with E-state index in [1.807, 2.05) is 30.3 Å². The van der Waals surface area contributed by atoms with Crippen molar-refractivity contribution < 1.29 is 4.74 Å². The second-order valence-corrected chi connectivity index (χ2v) is 5.53. The van der Waals surface area contributed by atoms with Crippen LogP contribution in [0, 0.1) is 5.92 Å². The van der Waals surface area contributed by atoms with Crippen molar-refractivity contribution in [2.75, 3.05) is 5.73 Å². The fourth-order valence-corrected chi connectivity index (χ4v) is 2.19. The third-order valence-corrected chi connectivity index (χ3v) is 3.37. The molecule has 106 valence electrons. The summed E-state index contributed by atoms with van der Waals surface area (Å²) in [6, 6.07) is 18.0. The van der Waals surface area contributed by atoms with E-state index < -0.39 is 0 Å². The van der Waals surface area contributed by atoms with Gasteiger partial charge in [-0.25, -0.2) is 0 Å². The van der Waals surface area contributed by atoms with Gasteiger partial charge in [-0.15, -0.1) is 0 Å². The van der Waals surface area contributed by atoms with Gasteiger partial charge in [0.05, 0.1) is 5.69 Å². The van der Waals surface area contributed by atoms with E-state index in [1.54, 1.807) is 0 Å². The van der Waals surface area contributed by atoms with Crippen LogP contribution in [0.5, 0.6) is 5.75 Å². The number of benzene rings is 2. The first-order valence-corrected chi connectivity index (χ1v) is 7.23. The van der Waals surface area contributed by atoms with Crippen LogP contribution in [0.3, 0.4) is 0 Å². The molecule has 0 saturated carbocycles. The number of nitrogens with two attached hydrogens (primary N) is 1. The Morgan fingerprint density at radius 1 is 0.900 bits per heavy atom. The zero-order valence-corrected chi connectivity index (χ0v) is 12.3. The Kier molecular flexibility index (Phi) is 5.05. The molecule has 0 saturated heterocycles. The Morgan fingerprint density at radius 3 is 2.20 bits per heavy atom. The number of nitrogen functional groups attached to an aromatic ring is 1. The molecule has 2 aromatic rings. The average Bonchev–Trinajstić information content (AvgIpc) is 2.46. The second kappa shape index (κ2) is 6.99. The minimum Gasteiger partial charge on any atom is -0.484 e. The summed E-state index contributed by atoms with van der Waals surface area (Å²) >= 11 is 0. The van der Waals surface area contributed by atoms with Gasteiger partial charge in [-0.1, -0.05) is 56.3 Å². The standard InChI is InChI=1S/C18H23NO/c1-14(2)12-13-17(15-8-4-3-5-9-15)20-18-11-7-6-10-16(18)19/h3-11,14,17H,12-13,19H2,1-2H3. The minimum atomic E-state index is 0.0586. The maximum absolute atomic E-state index is 6.16. The molecule has 2 heteroatoms. The summed E-state index contributed by atoms with van der Waals surface area (Å²) in [5.41, 5.74) is 7.88. The van der Waals surface area contributed by atoms with Gasteiger partial charge in [-0.2, -0.15) is 0 Å². The molecule has 0 radical (unpaired) electrons. The Bertz CT molecular complexity index is 522. The van der Waals surface area contributed by atoms with E-state index in [9.17, 15) is 0 Å². The zero-order valence-electron chi connectivity index (χ0n) is 12.3. The van der Waals surface area contributed by atoms with E-state index in [4.69, 9.17) is 10.5 Å². The molecular formula is C18H23NO. The van der Waals surface area contributed by atoms with Gasteiger partial charge in [-0.3, -0.25) is 0 Å². The molecule has 0 amide bonds. The number of hydrogen-bond donors (Lipinski definition) is 1. The molecule has 1 atom stereocenters. The molecule has 0 spiro atoms. The average molecular weight is 269 g/mol. The van der Waals surface area contributed by atoms with Crippen molar-refractivity contribution in [1.82, 2.24) is 0 Å². The fraction of sp³-hybridized carbons (Fsp3) is 0.333. The van der Waals surface area contributed by atoms with Crippen molar-refractivity contribution in [3.8, 4) is 5.75 Å². The fourth-order valence-electron chi connectivity index (χ4n) is 2.19. The summed E-state index contributed by atoms with van der Waals surface area (Å²) in [7, 11) is 0. The molecule has 0 aromatic heterocycles. The van der Waals surface area contributed by atoms with E-state index >= 15 is 0 Å². The van der Waals surface area contributed by atoms with Crippen LogP contribution in [-0.4, -0.2) is 0 Å². The van der Waals surface area contributed by atoms with Gasteiger partial charge in [0.2, 0.25) is 0 Å². The monoisotopic (exact) mass is 269 g/mol. The summed E-state index contributed by atoms with van der Waals surface area (Å²) in [6.45, 7) is 4.47. The number of hydrogen-bond acceptors (Lipinski definition) is 2. The molecule has 0 aliphatic rings. The first-order valence-electron chi connectivity index (χ1n) is 7.23. The molecule has 2 N–H and O–H groups in total.